The minimum absolute atomic E-state index is 0.107. The lowest BCUT2D eigenvalue weighted by Crippen LogP contribution is -2.05. The molecule has 1 aromatic carbocycles. The summed E-state index contributed by atoms with van der Waals surface area (Å²) >= 11 is 0. The number of aryl methyl sites for hydroxylation is 2. The van der Waals surface area contributed by atoms with E-state index in [1.165, 1.54) is 6.07 Å². The monoisotopic (exact) mass is 257 g/mol. The summed E-state index contributed by atoms with van der Waals surface area (Å²) in [5.41, 5.74) is -0.309. The first-order chi connectivity index (χ1) is 8.29. The molecular formula is C12H10F3NO2. The van der Waals surface area contributed by atoms with Gasteiger partial charge < -0.3 is 9.52 Å². The molecule has 3 nitrogen and oxygen atoms in total. The molecule has 0 radical (unpaired) electrons. The Labute approximate surface area is 101 Å². The van der Waals surface area contributed by atoms with Crippen LogP contribution in [0.5, 0.6) is 5.75 Å². The first kappa shape index (κ1) is 12.5. The number of aromatic nitrogens is 1. The minimum atomic E-state index is -4.61. The third-order valence-corrected chi connectivity index (χ3v) is 2.58. The van der Waals surface area contributed by atoms with Gasteiger partial charge in [-0.05, 0) is 32.0 Å². The van der Waals surface area contributed by atoms with Crippen LogP contribution in [0.3, 0.4) is 0 Å². The van der Waals surface area contributed by atoms with Crippen LogP contribution in [0.2, 0.25) is 0 Å². The van der Waals surface area contributed by atoms with E-state index in [-0.39, 0.29) is 11.5 Å². The van der Waals surface area contributed by atoms with E-state index in [0.717, 1.165) is 12.1 Å². The Morgan fingerprint density at radius 3 is 2.39 bits per heavy atom. The van der Waals surface area contributed by atoms with Crippen LogP contribution in [-0.4, -0.2) is 10.1 Å². The molecule has 0 aliphatic carbocycles. The molecule has 0 saturated carbocycles. The van der Waals surface area contributed by atoms with E-state index in [1.54, 1.807) is 13.8 Å². The Morgan fingerprint density at radius 1 is 1.22 bits per heavy atom. The molecule has 0 amide bonds. The molecular weight excluding hydrogens is 247 g/mol. The molecule has 0 spiro atoms. The van der Waals surface area contributed by atoms with Gasteiger partial charge >= 0.3 is 6.18 Å². The maximum Gasteiger partial charge on any atom is 0.419 e. The van der Waals surface area contributed by atoms with Crippen LogP contribution in [0.4, 0.5) is 13.2 Å². The minimum Gasteiger partial charge on any atom is -0.507 e. The van der Waals surface area contributed by atoms with Crippen molar-refractivity contribution in [3.05, 3.63) is 35.2 Å². The molecule has 2 aromatic rings. The second-order valence-electron chi connectivity index (χ2n) is 3.89. The number of halogens is 3. The number of rotatable bonds is 1. The third-order valence-electron chi connectivity index (χ3n) is 2.58. The molecule has 6 heteroatoms. The van der Waals surface area contributed by atoms with Gasteiger partial charge in [0.1, 0.15) is 11.5 Å². The second kappa shape index (κ2) is 4.04. The number of nitrogens with zero attached hydrogens (tertiary/aromatic N) is 1. The topological polar surface area (TPSA) is 46.3 Å². The fraction of sp³-hybridized carbons (Fsp3) is 0.250. The number of oxazole rings is 1. The van der Waals surface area contributed by atoms with Crippen molar-refractivity contribution in [3.8, 4) is 17.2 Å². The van der Waals surface area contributed by atoms with Crippen molar-refractivity contribution in [2.24, 2.45) is 0 Å². The standard InChI is InChI=1S/C12H10F3NO2/c1-6-7(2)18-11(16-6)8-3-4-10(17)9(5-8)12(13,14)15/h3-5,17H,1-2H3. The van der Waals surface area contributed by atoms with Gasteiger partial charge in [-0.2, -0.15) is 13.2 Å². The summed E-state index contributed by atoms with van der Waals surface area (Å²) in [7, 11) is 0. The third kappa shape index (κ3) is 2.18. The summed E-state index contributed by atoms with van der Waals surface area (Å²) < 4.78 is 43.1. The molecule has 0 fully saturated rings. The summed E-state index contributed by atoms with van der Waals surface area (Å²) in [5.74, 6) is -0.159. The molecule has 1 aromatic heterocycles. The Morgan fingerprint density at radius 2 is 1.89 bits per heavy atom. The van der Waals surface area contributed by atoms with Gasteiger partial charge in [0.15, 0.2) is 0 Å². The molecule has 18 heavy (non-hydrogen) atoms. The van der Waals surface area contributed by atoms with E-state index in [4.69, 9.17) is 4.42 Å². The Kier molecular flexibility index (Phi) is 2.80. The highest BCUT2D eigenvalue weighted by Gasteiger charge is 2.34. The summed E-state index contributed by atoms with van der Waals surface area (Å²) in [6, 6.07) is 3.13. The SMILES string of the molecule is Cc1nc(-c2ccc(O)c(C(F)(F)F)c2)oc1C. The summed E-state index contributed by atoms with van der Waals surface area (Å²) in [6.45, 7) is 3.38. The molecule has 1 heterocycles. The number of hydrogen-bond acceptors (Lipinski definition) is 3. The lowest BCUT2D eigenvalue weighted by molar-refractivity contribution is -0.138. The largest absolute Gasteiger partial charge is 0.507 e. The predicted molar refractivity (Wildman–Crippen MR) is 58.1 cm³/mol. The highest BCUT2D eigenvalue weighted by atomic mass is 19.4. The van der Waals surface area contributed by atoms with Gasteiger partial charge in [-0.25, -0.2) is 4.98 Å². The zero-order valence-electron chi connectivity index (χ0n) is 9.67. The molecule has 2 rings (SSSR count). The Hall–Kier alpha value is -1.98. The van der Waals surface area contributed by atoms with Gasteiger partial charge in [0.25, 0.3) is 0 Å². The second-order valence-corrected chi connectivity index (χ2v) is 3.89. The number of alkyl halides is 3. The van der Waals surface area contributed by atoms with Crippen LogP contribution in [0.15, 0.2) is 22.6 Å². The van der Waals surface area contributed by atoms with E-state index in [0.29, 0.717) is 11.5 Å². The van der Waals surface area contributed by atoms with Gasteiger partial charge in [0, 0.05) is 5.56 Å². The van der Waals surface area contributed by atoms with Crippen molar-refractivity contribution in [2.75, 3.05) is 0 Å². The van der Waals surface area contributed by atoms with Crippen molar-refractivity contribution in [2.45, 2.75) is 20.0 Å². The van der Waals surface area contributed by atoms with Crippen molar-refractivity contribution in [3.63, 3.8) is 0 Å². The number of phenolic OH excluding ortho intramolecular Hbond substituents is 1. The van der Waals surface area contributed by atoms with Crippen molar-refractivity contribution < 1.29 is 22.7 Å². The van der Waals surface area contributed by atoms with E-state index in [1.807, 2.05) is 0 Å². The van der Waals surface area contributed by atoms with Crippen LogP contribution in [0, 0.1) is 13.8 Å². The van der Waals surface area contributed by atoms with Crippen molar-refractivity contribution >= 4 is 0 Å². The number of benzene rings is 1. The predicted octanol–water partition coefficient (Wildman–Crippen LogP) is 3.68. The Bertz CT molecular complexity index is 568. The highest BCUT2D eigenvalue weighted by molar-refractivity contribution is 5.58. The molecule has 0 aliphatic rings. The van der Waals surface area contributed by atoms with E-state index >= 15 is 0 Å². The van der Waals surface area contributed by atoms with Crippen molar-refractivity contribution in [1.82, 2.24) is 4.98 Å². The summed E-state index contributed by atoms with van der Waals surface area (Å²) in [6.07, 6.45) is -4.61. The smallest absolute Gasteiger partial charge is 0.419 e. The van der Waals surface area contributed by atoms with Gasteiger partial charge in [0.2, 0.25) is 5.89 Å². The molecule has 1 N–H and O–H groups in total. The fourth-order valence-corrected chi connectivity index (χ4v) is 1.49. The maximum absolute atomic E-state index is 12.6. The van der Waals surface area contributed by atoms with E-state index in [9.17, 15) is 18.3 Å². The summed E-state index contributed by atoms with van der Waals surface area (Å²) in [5, 5.41) is 9.21. The normalized spacial score (nSPS) is 11.8. The quantitative estimate of drug-likeness (QED) is 0.847. The lowest BCUT2D eigenvalue weighted by Gasteiger charge is -2.09. The summed E-state index contributed by atoms with van der Waals surface area (Å²) in [4.78, 5) is 4.02. The molecule has 0 atom stereocenters. The molecule has 0 bridgehead atoms. The fourth-order valence-electron chi connectivity index (χ4n) is 1.49. The highest BCUT2D eigenvalue weighted by Crippen LogP contribution is 2.38. The number of aromatic hydroxyl groups is 1. The number of hydrogen-bond donors (Lipinski definition) is 1. The average molecular weight is 257 g/mol. The zero-order chi connectivity index (χ0) is 13.5. The maximum atomic E-state index is 12.6. The van der Waals surface area contributed by atoms with Crippen LogP contribution in [-0.2, 0) is 6.18 Å². The molecule has 0 aliphatic heterocycles. The Balaban J connectivity index is 2.54. The zero-order valence-corrected chi connectivity index (χ0v) is 9.67. The van der Waals surface area contributed by atoms with Crippen LogP contribution < -0.4 is 0 Å². The van der Waals surface area contributed by atoms with Crippen LogP contribution >= 0.6 is 0 Å². The first-order valence-corrected chi connectivity index (χ1v) is 5.13. The van der Waals surface area contributed by atoms with Gasteiger partial charge in [0.05, 0.1) is 11.3 Å². The lowest BCUT2D eigenvalue weighted by atomic mass is 10.1. The van der Waals surface area contributed by atoms with Crippen molar-refractivity contribution in [1.29, 1.82) is 0 Å². The van der Waals surface area contributed by atoms with Crippen LogP contribution in [0.1, 0.15) is 17.0 Å². The molecule has 0 saturated heterocycles. The van der Waals surface area contributed by atoms with Crippen LogP contribution in [0.25, 0.3) is 11.5 Å². The molecule has 96 valence electrons. The van der Waals surface area contributed by atoms with Gasteiger partial charge in [-0.1, -0.05) is 0 Å². The van der Waals surface area contributed by atoms with E-state index in [2.05, 4.69) is 4.98 Å². The molecule has 0 unspecified atom stereocenters. The average Bonchev–Trinajstić information content (AvgIpc) is 2.58. The van der Waals surface area contributed by atoms with Gasteiger partial charge in [-0.15, -0.1) is 0 Å². The first-order valence-electron chi connectivity index (χ1n) is 5.13. The van der Waals surface area contributed by atoms with Gasteiger partial charge in [-0.3, -0.25) is 0 Å². The number of phenols is 1. The van der Waals surface area contributed by atoms with E-state index < -0.39 is 17.5 Å².